The second-order valence-electron chi connectivity index (χ2n) is 3.66. The van der Waals surface area contributed by atoms with Crippen LogP contribution in [0.3, 0.4) is 0 Å². The fourth-order valence-corrected chi connectivity index (χ4v) is 2.26. The summed E-state index contributed by atoms with van der Waals surface area (Å²) >= 11 is 3.05. The molecule has 0 spiro atoms. The van der Waals surface area contributed by atoms with E-state index in [1.54, 1.807) is 0 Å². The molecule has 0 aliphatic heterocycles. The first-order chi connectivity index (χ1) is 9.43. The van der Waals surface area contributed by atoms with Crippen LogP contribution < -0.4 is 0 Å². The molecule has 0 amide bonds. The lowest BCUT2D eigenvalue weighted by Crippen LogP contribution is -1.96. The predicted octanol–water partition coefficient (Wildman–Crippen LogP) is 3.34. The highest BCUT2D eigenvalue weighted by Gasteiger charge is 2.26. The van der Waals surface area contributed by atoms with Gasteiger partial charge in [-0.25, -0.2) is 0 Å². The molecule has 0 saturated heterocycles. The third-order valence-corrected chi connectivity index (χ3v) is 3.08. The zero-order valence-corrected chi connectivity index (χ0v) is 11.2. The third kappa shape index (κ3) is 2.43. The lowest BCUT2D eigenvalue weighted by atomic mass is 10.1. The molecule has 0 atom stereocenters. The summed E-state index contributed by atoms with van der Waals surface area (Å²) in [6.45, 7) is 0. The van der Waals surface area contributed by atoms with Crippen molar-refractivity contribution in [3.63, 3.8) is 0 Å². The van der Waals surface area contributed by atoms with E-state index < -0.39 is 21.2 Å². The molecule has 0 saturated carbocycles. The van der Waals surface area contributed by atoms with Gasteiger partial charge < -0.3 is 4.42 Å². The zero-order chi connectivity index (χ0) is 14.9. The fraction of sp³-hybridized carbons (Fsp3) is 0. The van der Waals surface area contributed by atoms with Crippen LogP contribution in [-0.2, 0) is 0 Å². The molecule has 2 aromatic rings. The largest absolute Gasteiger partial charge is 0.453 e. The molecule has 0 fully saturated rings. The normalized spacial score (nSPS) is 10.2. The SMILES string of the molecule is O=Cc1ccc(-c2c(Br)cc([N+](=O)[O-])cc2[N+](=O)[O-])o1. The van der Waals surface area contributed by atoms with Crippen molar-refractivity contribution in [1.82, 2.24) is 0 Å². The van der Waals surface area contributed by atoms with Crippen LogP contribution >= 0.6 is 15.9 Å². The van der Waals surface area contributed by atoms with Gasteiger partial charge in [-0.05, 0) is 28.1 Å². The summed E-state index contributed by atoms with van der Waals surface area (Å²) in [6, 6.07) is 4.69. The first-order valence-corrected chi connectivity index (χ1v) is 5.91. The monoisotopic (exact) mass is 340 g/mol. The summed E-state index contributed by atoms with van der Waals surface area (Å²) in [6.07, 6.45) is 0.453. The van der Waals surface area contributed by atoms with Gasteiger partial charge in [0.25, 0.3) is 11.4 Å². The summed E-state index contributed by atoms with van der Waals surface area (Å²) in [5.74, 6) is 0.0696. The number of halogens is 1. The Hall–Kier alpha value is -2.55. The Labute approximate surface area is 119 Å². The summed E-state index contributed by atoms with van der Waals surface area (Å²) in [5, 5.41) is 21.8. The van der Waals surface area contributed by atoms with E-state index >= 15 is 0 Å². The number of hydrogen-bond acceptors (Lipinski definition) is 6. The molecule has 102 valence electrons. The van der Waals surface area contributed by atoms with E-state index in [1.807, 2.05) is 0 Å². The summed E-state index contributed by atoms with van der Waals surface area (Å²) in [4.78, 5) is 30.8. The minimum Gasteiger partial charge on any atom is -0.453 e. The molecule has 0 radical (unpaired) electrons. The topological polar surface area (TPSA) is 116 Å². The van der Waals surface area contributed by atoms with Crippen molar-refractivity contribution in [3.8, 4) is 11.3 Å². The van der Waals surface area contributed by atoms with E-state index in [-0.39, 0.29) is 21.6 Å². The smallest absolute Gasteiger partial charge is 0.288 e. The van der Waals surface area contributed by atoms with Gasteiger partial charge in [0.1, 0.15) is 11.3 Å². The predicted molar refractivity (Wildman–Crippen MR) is 70.5 cm³/mol. The number of nitrogens with zero attached hydrogens (tertiary/aromatic N) is 2. The number of nitro benzene ring substituents is 2. The average molecular weight is 341 g/mol. The van der Waals surface area contributed by atoms with E-state index in [4.69, 9.17) is 4.42 Å². The van der Waals surface area contributed by atoms with Crippen LogP contribution in [0.2, 0.25) is 0 Å². The summed E-state index contributed by atoms with van der Waals surface area (Å²) in [5.41, 5.74) is -0.874. The molecule has 8 nitrogen and oxygen atoms in total. The molecule has 1 aromatic carbocycles. The molecular formula is C11H5BrN2O6. The molecule has 0 aliphatic rings. The van der Waals surface area contributed by atoms with Crippen LogP contribution in [0.4, 0.5) is 11.4 Å². The Kier molecular flexibility index (Phi) is 3.61. The van der Waals surface area contributed by atoms with Crippen LogP contribution in [0.1, 0.15) is 10.6 Å². The maximum absolute atomic E-state index is 11.0. The second kappa shape index (κ2) is 5.21. The third-order valence-electron chi connectivity index (χ3n) is 2.45. The van der Waals surface area contributed by atoms with Gasteiger partial charge in [-0.1, -0.05) is 0 Å². The van der Waals surface area contributed by atoms with E-state index in [9.17, 15) is 25.0 Å². The quantitative estimate of drug-likeness (QED) is 0.478. The van der Waals surface area contributed by atoms with E-state index in [2.05, 4.69) is 15.9 Å². The van der Waals surface area contributed by atoms with E-state index in [1.165, 1.54) is 12.1 Å². The fourth-order valence-electron chi connectivity index (χ4n) is 1.62. The molecule has 20 heavy (non-hydrogen) atoms. The molecular weight excluding hydrogens is 336 g/mol. The van der Waals surface area contributed by atoms with Gasteiger partial charge >= 0.3 is 0 Å². The maximum Gasteiger partial charge on any atom is 0.288 e. The minimum absolute atomic E-state index is 0.000416. The molecule has 0 N–H and O–H groups in total. The van der Waals surface area contributed by atoms with Gasteiger partial charge in [-0.2, -0.15) is 0 Å². The van der Waals surface area contributed by atoms with Gasteiger partial charge in [0.15, 0.2) is 12.0 Å². The lowest BCUT2D eigenvalue weighted by Gasteiger charge is -2.03. The van der Waals surface area contributed by atoms with Gasteiger partial charge in [0, 0.05) is 10.5 Å². The first-order valence-electron chi connectivity index (χ1n) is 5.11. The minimum atomic E-state index is -0.754. The number of carbonyl (C=O) groups is 1. The van der Waals surface area contributed by atoms with Crippen molar-refractivity contribution in [2.45, 2.75) is 0 Å². The Balaban J connectivity index is 2.71. The van der Waals surface area contributed by atoms with Crippen LogP contribution in [0.25, 0.3) is 11.3 Å². The average Bonchev–Trinajstić information content (AvgIpc) is 2.85. The van der Waals surface area contributed by atoms with Crippen molar-refractivity contribution < 1.29 is 19.1 Å². The summed E-state index contributed by atoms with van der Waals surface area (Å²) < 4.78 is 5.25. The second-order valence-corrected chi connectivity index (χ2v) is 4.51. The van der Waals surface area contributed by atoms with Crippen molar-refractivity contribution >= 4 is 33.6 Å². The molecule has 1 heterocycles. The number of aldehydes is 1. The molecule has 0 aliphatic carbocycles. The number of rotatable bonds is 4. The Morgan fingerprint density at radius 3 is 2.35 bits per heavy atom. The first kappa shape index (κ1) is 13.9. The van der Waals surface area contributed by atoms with E-state index in [0.717, 1.165) is 12.1 Å². The summed E-state index contributed by atoms with van der Waals surface area (Å²) in [7, 11) is 0. The van der Waals surface area contributed by atoms with Crippen LogP contribution in [0.15, 0.2) is 33.2 Å². The molecule has 2 rings (SSSR count). The lowest BCUT2D eigenvalue weighted by molar-refractivity contribution is -0.393. The van der Waals surface area contributed by atoms with Crippen molar-refractivity contribution in [3.05, 3.63) is 54.7 Å². The number of benzene rings is 1. The van der Waals surface area contributed by atoms with Crippen molar-refractivity contribution in [2.75, 3.05) is 0 Å². The number of hydrogen-bond donors (Lipinski definition) is 0. The highest BCUT2D eigenvalue weighted by atomic mass is 79.9. The number of furan rings is 1. The van der Waals surface area contributed by atoms with Crippen LogP contribution in [0, 0.1) is 20.2 Å². The van der Waals surface area contributed by atoms with Gasteiger partial charge in [-0.15, -0.1) is 0 Å². The molecule has 1 aromatic heterocycles. The van der Waals surface area contributed by atoms with Gasteiger partial charge in [0.2, 0.25) is 0 Å². The Morgan fingerprint density at radius 2 is 1.85 bits per heavy atom. The van der Waals surface area contributed by atoms with Crippen molar-refractivity contribution in [1.29, 1.82) is 0 Å². The Bertz CT molecular complexity index is 724. The van der Waals surface area contributed by atoms with Crippen LogP contribution in [-0.4, -0.2) is 16.1 Å². The van der Waals surface area contributed by atoms with Gasteiger partial charge in [0.05, 0.1) is 15.9 Å². The molecule has 9 heteroatoms. The van der Waals surface area contributed by atoms with Crippen LogP contribution in [0.5, 0.6) is 0 Å². The zero-order valence-electron chi connectivity index (χ0n) is 9.61. The van der Waals surface area contributed by atoms with Gasteiger partial charge in [-0.3, -0.25) is 25.0 Å². The number of non-ortho nitro benzene ring substituents is 1. The van der Waals surface area contributed by atoms with Crippen molar-refractivity contribution in [2.24, 2.45) is 0 Å². The number of nitro groups is 2. The highest BCUT2D eigenvalue weighted by molar-refractivity contribution is 9.10. The number of carbonyl (C=O) groups excluding carboxylic acids is 1. The highest BCUT2D eigenvalue weighted by Crippen LogP contribution is 2.40. The molecule has 0 bridgehead atoms. The Morgan fingerprint density at radius 1 is 1.15 bits per heavy atom. The molecule has 0 unspecified atom stereocenters. The standard InChI is InChI=1S/C11H5BrN2O6/c12-8-3-6(13(16)17)4-9(14(18)19)11(8)10-2-1-7(5-15)20-10/h1-5H. The maximum atomic E-state index is 11.0. The van der Waals surface area contributed by atoms with E-state index in [0.29, 0.717) is 6.29 Å².